The summed E-state index contributed by atoms with van der Waals surface area (Å²) in [6, 6.07) is 4.13. The number of anilines is 1. The summed E-state index contributed by atoms with van der Waals surface area (Å²) in [6.45, 7) is 7.45. The molecule has 21 heavy (non-hydrogen) atoms. The van der Waals surface area contributed by atoms with Crippen molar-refractivity contribution >= 4 is 35.4 Å². The van der Waals surface area contributed by atoms with Gasteiger partial charge in [-0.25, -0.2) is 16.8 Å². The molecular weight excluding hydrogens is 334 g/mol. The van der Waals surface area contributed by atoms with Crippen LogP contribution < -0.4 is 4.72 Å². The molecule has 5 nitrogen and oxygen atoms in total. The Hall–Kier alpha value is -0.790. The van der Waals surface area contributed by atoms with E-state index in [0.29, 0.717) is 17.7 Å². The zero-order chi connectivity index (χ0) is 16.5. The fourth-order valence-corrected chi connectivity index (χ4v) is 4.32. The molecule has 0 amide bonds. The topological polar surface area (TPSA) is 80.3 Å². The second kappa shape index (κ2) is 6.14. The second-order valence-electron chi connectivity index (χ2n) is 6.15. The van der Waals surface area contributed by atoms with E-state index in [1.54, 1.807) is 6.92 Å². The third-order valence-corrected chi connectivity index (χ3v) is 5.60. The van der Waals surface area contributed by atoms with Crippen molar-refractivity contribution in [2.24, 2.45) is 5.41 Å². The first-order chi connectivity index (χ1) is 9.30. The molecule has 0 radical (unpaired) electrons. The van der Waals surface area contributed by atoms with E-state index in [-0.39, 0.29) is 16.1 Å². The maximum absolute atomic E-state index is 12.0. The lowest BCUT2D eigenvalue weighted by atomic mass is 9.94. The Morgan fingerprint density at radius 1 is 1.14 bits per heavy atom. The number of hydrogen-bond donors (Lipinski definition) is 1. The van der Waals surface area contributed by atoms with Crippen molar-refractivity contribution in [3.63, 3.8) is 0 Å². The summed E-state index contributed by atoms with van der Waals surface area (Å²) in [4.78, 5) is -0.0261. The molecule has 0 heterocycles. The lowest BCUT2D eigenvalue weighted by molar-refractivity contribution is 0.397. The van der Waals surface area contributed by atoms with Gasteiger partial charge in [-0.3, -0.25) is 4.72 Å². The number of halogens is 1. The Balaban J connectivity index is 2.92. The van der Waals surface area contributed by atoms with E-state index in [0.717, 1.165) is 0 Å². The molecule has 0 unspecified atom stereocenters. The van der Waals surface area contributed by atoms with E-state index in [2.05, 4.69) is 4.72 Å². The summed E-state index contributed by atoms with van der Waals surface area (Å²) >= 11 is 0. The van der Waals surface area contributed by atoms with Crippen molar-refractivity contribution in [3.8, 4) is 0 Å². The highest BCUT2D eigenvalue weighted by Crippen LogP contribution is 2.24. The van der Waals surface area contributed by atoms with E-state index in [9.17, 15) is 16.8 Å². The molecule has 0 saturated heterocycles. The van der Waals surface area contributed by atoms with E-state index in [1.165, 1.54) is 18.2 Å². The average molecular weight is 354 g/mol. The fraction of sp³-hybridized carbons (Fsp3) is 0.538. The van der Waals surface area contributed by atoms with Crippen LogP contribution in [0.5, 0.6) is 0 Å². The third kappa shape index (κ3) is 6.23. The Labute approximate surface area is 131 Å². The van der Waals surface area contributed by atoms with Crippen LogP contribution >= 0.6 is 10.7 Å². The van der Waals surface area contributed by atoms with Gasteiger partial charge in [0.1, 0.15) is 0 Å². The second-order valence-corrected chi connectivity index (χ2v) is 10.5. The molecule has 0 saturated carbocycles. The molecule has 8 heteroatoms. The predicted octanol–water partition coefficient (Wildman–Crippen LogP) is 3.10. The minimum atomic E-state index is -3.83. The number of rotatable bonds is 5. The number of benzene rings is 1. The number of aryl methyl sites for hydroxylation is 1. The summed E-state index contributed by atoms with van der Waals surface area (Å²) in [5.74, 6) is 0.00506. The molecule has 0 atom stereocenters. The number of hydrogen-bond acceptors (Lipinski definition) is 4. The number of nitrogens with one attached hydrogen (secondary N) is 1. The van der Waals surface area contributed by atoms with Gasteiger partial charge in [0, 0.05) is 16.4 Å². The van der Waals surface area contributed by atoms with Crippen LogP contribution in [0.25, 0.3) is 0 Å². The van der Waals surface area contributed by atoms with Crippen LogP contribution in [0.3, 0.4) is 0 Å². The molecule has 120 valence electrons. The first-order valence-corrected chi connectivity index (χ1v) is 10.3. The van der Waals surface area contributed by atoms with Crippen molar-refractivity contribution in [1.82, 2.24) is 0 Å². The van der Waals surface area contributed by atoms with Crippen LogP contribution in [-0.4, -0.2) is 22.6 Å². The molecule has 0 bridgehead atoms. The van der Waals surface area contributed by atoms with Crippen molar-refractivity contribution < 1.29 is 16.8 Å². The molecule has 1 rings (SSSR count). The van der Waals surface area contributed by atoms with E-state index in [1.807, 2.05) is 20.8 Å². The molecular formula is C13H20ClNO4S2. The molecule has 0 aliphatic carbocycles. The summed E-state index contributed by atoms with van der Waals surface area (Å²) in [5.41, 5.74) is 0.632. The standard InChI is InChI=1S/C13H20ClNO4S2/c1-10-9-11(5-6-12(10)21(14,18)19)15-20(16,17)8-7-13(2,3)4/h5-6,9,15H,7-8H2,1-4H3. The quantitative estimate of drug-likeness (QED) is 0.825. The Morgan fingerprint density at radius 3 is 2.14 bits per heavy atom. The zero-order valence-corrected chi connectivity index (χ0v) is 14.9. The maximum Gasteiger partial charge on any atom is 0.261 e. The van der Waals surface area contributed by atoms with Gasteiger partial charge in [0.25, 0.3) is 9.05 Å². The van der Waals surface area contributed by atoms with Crippen molar-refractivity contribution in [2.75, 3.05) is 10.5 Å². The lowest BCUT2D eigenvalue weighted by Crippen LogP contribution is -2.21. The van der Waals surface area contributed by atoms with Gasteiger partial charge in [-0.05, 0) is 42.5 Å². The summed E-state index contributed by atoms with van der Waals surface area (Å²) in [7, 11) is -2.01. The minimum Gasteiger partial charge on any atom is -0.284 e. The molecule has 0 aromatic heterocycles. The summed E-state index contributed by atoms with van der Waals surface area (Å²) < 4.78 is 49.0. The highest BCUT2D eigenvalue weighted by Gasteiger charge is 2.18. The Bertz CT molecular complexity index is 719. The van der Waals surface area contributed by atoms with Crippen LogP contribution in [0.2, 0.25) is 0 Å². The smallest absolute Gasteiger partial charge is 0.261 e. The molecule has 1 N–H and O–H groups in total. The lowest BCUT2D eigenvalue weighted by Gasteiger charge is -2.18. The van der Waals surface area contributed by atoms with Crippen molar-refractivity contribution in [2.45, 2.75) is 39.0 Å². The zero-order valence-electron chi connectivity index (χ0n) is 12.5. The first kappa shape index (κ1) is 18.3. The van der Waals surface area contributed by atoms with Crippen LogP contribution in [0.15, 0.2) is 23.1 Å². The Morgan fingerprint density at radius 2 is 1.71 bits per heavy atom. The molecule has 0 aliphatic heterocycles. The molecule has 0 spiro atoms. The molecule has 0 fully saturated rings. The molecule has 1 aromatic rings. The SMILES string of the molecule is Cc1cc(NS(=O)(=O)CCC(C)(C)C)ccc1S(=O)(=O)Cl. The third-order valence-electron chi connectivity index (χ3n) is 2.83. The van der Waals surface area contributed by atoms with Crippen molar-refractivity contribution in [3.05, 3.63) is 23.8 Å². The van der Waals surface area contributed by atoms with Gasteiger partial charge in [0.2, 0.25) is 10.0 Å². The summed E-state index contributed by atoms with van der Waals surface area (Å²) in [6.07, 6.45) is 0.523. The highest BCUT2D eigenvalue weighted by atomic mass is 35.7. The monoisotopic (exact) mass is 353 g/mol. The average Bonchev–Trinajstić information content (AvgIpc) is 2.23. The van der Waals surface area contributed by atoms with E-state index < -0.39 is 19.1 Å². The van der Waals surface area contributed by atoms with Gasteiger partial charge in [0.05, 0.1) is 10.6 Å². The Kier molecular flexibility index (Phi) is 5.34. The predicted molar refractivity (Wildman–Crippen MR) is 85.7 cm³/mol. The number of sulfonamides is 1. The van der Waals surface area contributed by atoms with E-state index >= 15 is 0 Å². The van der Waals surface area contributed by atoms with Gasteiger partial charge in [-0.1, -0.05) is 20.8 Å². The largest absolute Gasteiger partial charge is 0.284 e. The van der Waals surface area contributed by atoms with Gasteiger partial charge in [-0.15, -0.1) is 0 Å². The van der Waals surface area contributed by atoms with Crippen LogP contribution in [0.4, 0.5) is 5.69 Å². The highest BCUT2D eigenvalue weighted by molar-refractivity contribution is 8.13. The van der Waals surface area contributed by atoms with Crippen molar-refractivity contribution in [1.29, 1.82) is 0 Å². The fourth-order valence-electron chi connectivity index (χ4n) is 1.66. The summed E-state index contributed by atoms with van der Waals surface area (Å²) in [5, 5.41) is 0. The minimum absolute atomic E-state index is 0.00506. The van der Waals surface area contributed by atoms with Crippen LogP contribution in [0.1, 0.15) is 32.8 Å². The van der Waals surface area contributed by atoms with Crippen LogP contribution in [-0.2, 0) is 19.1 Å². The van der Waals surface area contributed by atoms with Crippen LogP contribution in [0, 0.1) is 12.3 Å². The maximum atomic E-state index is 12.0. The van der Waals surface area contributed by atoms with Gasteiger partial charge >= 0.3 is 0 Å². The van der Waals surface area contributed by atoms with Gasteiger partial charge in [-0.2, -0.15) is 0 Å². The van der Waals surface area contributed by atoms with Gasteiger partial charge < -0.3 is 0 Å². The molecule has 0 aliphatic rings. The van der Waals surface area contributed by atoms with E-state index in [4.69, 9.17) is 10.7 Å². The molecule has 1 aromatic carbocycles. The first-order valence-electron chi connectivity index (χ1n) is 6.36. The normalized spacial score (nSPS) is 13.2. The van der Waals surface area contributed by atoms with Gasteiger partial charge in [0.15, 0.2) is 0 Å².